The minimum atomic E-state index is 0.589. The maximum absolute atomic E-state index is 4.78. The Bertz CT molecular complexity index is 1080. The van der Waals surface area contributed by atoms with Crippen LogP contribution in [-0.2, 0) is 6.42 Å². The number of hydrogen-bond donors (Lipinski definition) is 1. The molecule has 0 unspecified atom stereocenters. The molecule has 1 N–H and O–H groups in total. The number of anilines is 3. The van der Waals surface area contributed by atoms with E-state index in [1.807, 2.05) is 60.9 Å². The topological polar surface area (TPSA) is 53.9 Å². The van der Waals surface area contributed by atoms with Crippen LogP contribution in [0.2, 0.25) is 0 Å². The first kappa shape index (κ1) is 19.6. The van der Waals surface area contributed by atoms with Gasteiger partial charge in [-0.1, -0.05) is 48.0 Å². The highest BCUT2D eigenvalue weighted by Crippen LogP contribution is 2.25. The molecule has 0 fully saturated rings. The van der Waals surface area contributed by atoms with Gasteiger partial charge in [0.1, 0.15) is 5.82 Å². The summed E-state index contributed by atoms with van der Waals surface area (Å²) in [6.07, 6.45) is 4.58. The van der Waals surface area contributed by atoms with Crippen molar-refractivity contribution >= 4 is 17.5 Å². The summed E-state index contributed by atoms with van der Waals surface area (Å²) < 4.78 is 0. The molecule has 2 heterocycles. The van der Waals surface area contributed by atoms with E-state index in [1.165, 1.54) is 11.1 Å². The SMILES string of the molecule is Cc1ccc(Nc2nc(-c3ccccc3)cc(N(C)CCc3ccncc3)n2)cc1. The summed E-state index contributed by atoms with van der Waals surface area (Å²) in [7, 11) is 2.06. The first-order valence-electron chi connectivity index (χ1n) is 10.1. The quantitative estimate of drug-likeness (QED) is 0.462. The fourth-order valence-corrected chi connectivity index (χ4v) is 3.17. The number of nitrogens with one attached hydrogen (secondary N) is 1. The van der Waals surface area contributed by atoms with Gasteiger partial charge < -0.3 is 10.2 Å². The molecule has 0 amide bonds. The Kier molecular flexibility index (Phi) is 5.99. The molecule has 0 aliphatic heterocycles. The third-order valence-electron chi connectivity index (χ3n) is 4.97. The summed E-state index contributed by atoms with van der Waals surface area (Å²) in [6.45, 7) is 2.92. The number of aryl methyl sites for hydroxylation is 1. The van der Waals surface area contributed by atoms with Gasteiger partial charge in [0, 0.05) is 43.3 Å². The molecule has 5 heteroatoms. The molecule has 0 spiro atoms. The first-order chi connectivity index (χ1) is 14.7. The predicted molar refractivity (Wildman–Crippen MR) is 123 cm³/mol. The van der Waals surface area contributed by atoms with Gasteiger partial charge in [0.25, 0.3) is 0 Å². The van der Waals surface area contributed by atoms with Gasteiger partial charge in [0.2, 0.25) is 5.95 Å². The minimum Gasteiger partial charge on any atom is -0.359 e. The maximum atomic E-state index is 4.78. The van der Waals surface area contributed by atoms with E-state index >= 15 is 0 Å². The second-order valence-corrected chi connectivity index (χ2v) is 7.32. The summed E-state index contributed by atoms with van der Waals surface area (Å²) >= 11 is 0. The second kappa shape index (κ2) is 9.18. The van der Waals surface area contributed by atoms with E-state index in [9.17, 15) is 0 Å². The standard InChI is InChI=1S/C25H25N5/c1-19-8-10-22(11-9-19)27-25-28-23(21-6-4-3-5-7-21)18-24(29-25)30(2)17-14-20-12-15-26-16-13-20/h3-13,15-16,18H,14,17H2,1-2H3,(H,27,28,29). The summed E-state index contributed by atoms with van der Waals surface area (Å²) in [5.41, 5.74) is 5.40. The summed E-state index contributed by atoms with van der Waals surface area (Å²) in [5.74, 6) is 1.47. The minimum absolute atomic E-state index is 0.589. The van der Waals surface area contributed by atoms with Crippen LogP contribution < -0.4 is 10.2 Å². The number of aromatic nitrogens is 3. The fourth-order valence-electron chi connectivity index (χ4n) is 3.17. The monoisotopic (exact) mass is 395 g/mol. The highest BCUT2D eigenvalue weighted by atomic mass is 15.2. The lowest BCUT2D eigenvalue weighted by Crippen LogP contribution is -2.22. The maximum Gasteiger partial charge on any atom is 0.229 e. The van der Waals surface area contributed by atoms with Gasteiger partial charge in [-0.15, -0.1) is 0 Å². The van der Waals surface area contributed by atoms with Crippen molar-refractivity contribution < 1.29 is 0 Å². The van der Waals surface area contributed by atoms with Crippen LogP contribution >= 0.6 is 0 Å². The van der Waals surface area contributed by atoms with Crippen molar-refractivity contribution in [1.29, 1.82) is 0 Å². The van der Waals surface area contributed by atoms with Crippen LogP contribution in [0.3, 0.4) is 0 Å². The Labute approximate surface area is 177 Å². The lowest BCUT2D eigenvalue weighted by atomic mass is 10.1. The largest absolute Gasteiger partial charge is 0.359 e. The van der Waals surface area contributed by atoms with Crippen LogP contribution in [0, 0.1) is 6.92 Å². The van der Waals surface area contributed by atoms with Crippen LogP contribution in [0.4, 0.5) is 17.5 Å². The molecule has 0 aliphatic rings. The molecule has 150 valence electrons. The normalized spacial score (nSPS) is 10.6. The number of likely N-dealkylation sites (N-methyl/N-ethyl adjacent to an activating group) is 1. The van der Waals surface area contributed by atoms with Gasteiger partial charge in [0.15, 0.2) is 0 Å². The molecule has 30 heavy (non-hydrogen) atoms. The molecule has 0 bridgehead atoms. The second-order valence-electron chi connectivity index (χ2n) is 7.32. The molecule has 0 atom stereocenters. The smallest absolute Gasteiger partial charge is 0.229 e. The number of pyridine rings is 1. The first-order valence-corrected chi connectivity index (χ1v) is 10.1. The molecule has 4 rings (SSSR count). The van der Waals surface area contributed by atoms with Gasteiger partial charge in [-0.25, -0.2) is 4.98 Å². The van der Waals surface area contributed by atoms with Crippen molar-refractivity contribution in [1.82, 2.24) is 15.0 Å². The average molecular weight is 396 g/mol. The van der Waals surface area contributed by atoms with Gasteiger partial charge in [-0.3, -0.25) is 4.98 Å². The lowest BCUT2D eigenvalue weighted by Gasteiger charge is -2.20. The molecule has 0 saturated carbocycles. The van der Waals surface area contributed by atoms with Gasteiger partial charge in [-0.2, -0.15) is 4.98 Å². The van der Waals surface area contributed by atoms with Crippen LogP contribution in [0.15, 0.2) is 85.2 Å². The van der Waals surface area contributed by atoms with Crippen molar-refractivity contribution in [2.75, 3.05) is 23.8 Å². The van der Waals surface area contributed by atoms with Crippen molar-refractivity contribution in [2.24, 2.45) is 0 Å². The fraction of sp³-hybridized carbons (Fsp3) is 0.160. The molecule has 5 nitrogen and oxygen atoms in total. The van der Waals surface area contributed by atoms with E-state index < -0.39 is 0 Å². The van der Waals surface area contributed by atoms with Crippen molar-refractivity contribution in [3.05, 3.63) is 96.3 Å². The Morgan fingerprint density at radius 2 is 1.60 bits per heavy atom. The molecule has 0 saturated heterocycles. The molecular formula is C25H25N5. The van der Waals surface area contributed by atoms with E-state index in [0.29, 0.717) is 5.95 Å². The van der Waals surface area contributed by atoms with E-state index in [2.05, 4.69) is 53.4 Å². The Hall–Kier alpha value is -3.73. The molecule has 0 radical (unpaired) electrons. The van der Waals surface area contributed by atoms with Crippen molar-refractivity contribution in [3.63, 3.8) is 0 Å². The zero-order valence-electron chi connectivity index (χ0n) is 17.3. The molecule has 2 aromatic carbocycles. The van der Waals surface area contributed by atoms with Crippen LogP contribution in [0.1, 0.15) is 11.1 Å². The molecule has 0 aliphatic carbocycles. The molecular weight excluding hydrogens is 370 g/mol. The summed E-state index contributed by atoms with van der Waals surface area (Å²) in [5, 5.41) is 3.35. The predicted octanol–water partition coefficient (Wildman–Crippen LogP) is 5.27. The third-order valence-corrected chi connectivity index (χ3v) is 4.97. The van der Waals surface area contributed by atoms with E-state index in [1.54, 1.807) is 0 Å². The number of hydrogen-bond acceptors (Lipinski definition) is 5. The van der Waals surface area contributed by atoms with Gasteiger partial charge in [0.05, 0.1) is 5.69 Å². The Morgan fingerprint density at radius 1 is 0.867 bits per heavy atom. The van der Waals surface area contributed by atoms with E-state index in [-0.39, 0.29) is 0 Å². The van der Waals surface area contributed by atoms with Crippen molar-refractivity contribution in [3.8, 4) is 11.3 Å². The van der Waals surface area contributed by atoms with Crippen LogP contribution in [0.25, 0.3) is 11.3 Å². The van der Waals surface area contributed by atoms with Crippen LogP contribution in [-0.4, -0.2) is 28.5 Å². The highest BCUT2D eigenvalue weighted by molar-refractivity contribution is 5.66. The summed E-state index contributed by atoms with van der Waals surface area (Å²) in [6, 6.07) is 24.6. The highest BCUT2D eigenvalue weighted by Gasteiger charge is 2.11. The van der Waals surface area contributed by atoms with Crippen LogP contribution in [0.5, 0.6) is 0 Å². The number of nitrogens with zero attached hydrogens (tertiary/aromatic N) is 4. The average Bonchev–Trinajstić information content (AvgIpc) is 2.80. The molecule has 4 aromatic rings. The zero-order valence-corrected chi connectivity index (χ0v) is 17.3. The Morgan fingerprint density at radius 3 is 2.33 bits per heavy atom. The number of rotatable bonds is 7. The number of benzene rings is 2. The summed E-state index contributed by atoms with van der Waals surface area (Å²) in [4.78, 5) is 15.8. The van der Waals surface area contributed by atoms with Gasteiger partial charge >= 0.3 is 0 Å². The Balaban J connectivity index is 1.61. The van der Waals surface area contributed by atoms with Gasteiger partial charge in [-0.05, 0) is 43.2 Å². The van der Waals surface area contributed by atoms with E-state index in [0.717, 1.165) is 35.7 Å². The van der Waals surface area contributed by atoms with E-state index in [4.69, 9.17) is 9.97 Å². The van der Waals surface area contributed by atoms with Crippen molar-refractivity contribution in [2.45, 2.75) is 13.3 Å². The lowest BCUT2D eigenvalue weighted by molar-refractivity contribution is 0.856. The molecule has 2 aromatic heterocycles. The zero-order chi connectivity index (χ0) is 20.8. The third kappa shape index (κ3) is 5.00.